The first kappa shape index (κ1) is 12.1. The summed E-state index contributed by atoms with van der Waals surface area (Å²) in [6, 6.07) is 8.47. The Balaban J connectivity index is 2.21. The molecule has 1 aromatic carbocycles. The van der Waals surface area contributed by atoms with Gasteiger partial charge in [0.2, 0.25) is 0 Å². The van der Waals surface area contributed by atoms with Crippen molar-refractivity contribution in [1.82, 2.24) is 9.88 Å². The molecule has 0 saturated heterocycles. The fourth-order valence-electron chi connectivity index (χ4n) is 2.76. The third kappa shape index (κ3) is 1.95. The molecule has 2 nitrogen and oxygen atoms in total. The van der Waals surface area contributed by atoms with Crippen LogP contribution in [0.1, 0.15) is 23.7 Å². The van der Waals surface area contributed by atoms with Crippen molar-refractivity contribution >= 4 is 26.8 Å². The van der Waals surface area contributed by atoms with Gasteiger partial charge in [-0.3, -0.25) is 9.88 Å². The first-order chi connectivity index (χ1) is 8.83. The van der Waals surface area contributed by atoms with Crippen LogP contribution >= 0.6 is 15.9 Å². The van der Waals surface area contributed by atoms with Gasteiger partial charge in [-0.2, -0.15) is 0 Å². The lowest BCUT2D eigenvalue weighted by molar-refractivity contribution is 0.265. The quantitative estimate of drug-likeness (QED) is 0.789. The third-order valence-corrected chi connectivity index (χ3v) is 4.39. The molecule has 1 aromatic heterocycles. The predicted molar refractivity (Wildman–Crippen MR) is 79.0 cm³/mol. The van der Waals surface area contributed by atoms with Gasteiger partial charge in [-0.1, -0.05) is 41.1 Å². The number of pyridine rings is 1. The van der Waals surface area contributed by atoms with Gasteiger partial charge in [0.05, 0.1) is 5.52 Å². The molecule has 0 fully saturated rings. The van der Waals surface area contributed by atoms with Crippen molar-refractivity contribution in [2.24, 2.45) is 0 Å². The van der Waals surface area contributed by atoms with Crippen LogP contribution in [0.25, 0.3) is 10.9 Å². The lowest BCUT2D eigenvalue weighted by atomic mass is 9.97. The summed E-state index contributed by atoms with van der Waals surface area (Å²) in [6.45, 7) is 5.53. The molecule has 94 valence electrons. The van der Waals surface area contributed by atoms with Crippen LogP contribution in [0.4, 0.5) is 0 Å². The van der Waals surface area contributed by atoms with Crippen molar-refractivity contribution in [2.75, 3.05) is 13.1 Å². The monoisotopic (exact) mass is 304 g/mol. The molecule has 0 saturated carbocycles. The smallest absolute Gasteiger partial charge is 0.0708 e. The van der Waals surface area contributed by atoms with Crippen molar-refractivity contribution in [2.45, 2.75) is 25.2 Å². The number of para-hydroxylation sites is 1. The van der Waals surface area contributed by atoms with E-state index in [2.05, 4.69) is 52.0 Å². The average Bonchev–Trinajstić information content (AvgIpc) is 2.44. The number of rotatable bonds is 2. The van der Waals surface area contributed by atoms with E-state index in [1.54, 1.807) is 0 Å². The summed E-state index contributed by atoms with van der Waals surface area (Å²) in [7, 11) is 0. The number of hydrogen-bond donors (Lipinski definition) is 0. The standard InChI is InChI=1S/C15H17BrN2/c1-2-18-8-7-15-13(10-18)12(9-16)11-5-3-4-6-14(11)17-15/h3-6H,2,7-10H2,1H3. The molecule has 18 heavy (non-hydrogen) atoms. The van der Waals surface area contributed by atoms with E-state index in [0.29, 0.717) is 0 Å². The Hall–Kier alpha value is -0.930. The van der Waals surface area contributed by atoms with E-state index >= 15 is 0 Å². The maximum Gasteiger partial charge on any atom is 0.0708 e. The summed E-state index contributed by atoms with van der Waals surface area (Å²) in [6.07, 6.45) is 1.08. The van der Waals surface area contributed by atoms with Crippen LogP contribution in [-0.4, -0.2) is 23.0 Å². The molecule has 0 radical (unpaired) electrons. The van der Waals surface area contributed by atoms with E-state index < -0.39 is 0 Å². The van der Waals surface area contributed by atoms with Gasteiger partial charge >= 0.3 is 0 Å². The average molecular weight is 305 g/mol. The Morgan fingerprint density at radius 1 is 1.33 bits per heavy atom. The largest absolute Gasteiger partial charge is 0.299 e. The van der Waals surface area contributed by atoms with Crippen LogP contribution in [0.3, 0.4) is 0 Å². The molecule has 0 spiro atoms. The first-order valence-electron chi connectivity index (χ1n) is 6.51. The van der Waals surface area contributed by atoms with Gasteiger partial charge in [-0.25, -0.2) is 0 Å². The van der Waals surface area contributed by atoms with Crippen molar-refractivity contribution in [3.05, 3.63) is 41.1 Å². The zero-order chi connectivity index (χ0) is 12.5. The second kappa shape index (κ2) is 4.98. The highest BCUT2D eigenvalue weighted by atomic mass is 79.9. The summed E-state index contributed by atoms with van der Waals surface area (Å²) in [4.78, 5) is 7.34. The number of hydrogen-bond acceptors (Lipinski definition) is 2. The molecule has 0 unspecified atom stereocenters. The number of nitrogens with zero attached hydrogens (tertiary/aromatic N) is 2. The fraction of sp³-hybridized carbons (Fsp3) is 0.400. The SMILES string of the molecule is CCN1CCc2nc3ccccc3c(CBr)c2C1. The summed E-state index contributed by atoms with van der Waals surface area (Å²) in [5.41, 5.74) is 5.30. The van der Waals surface area contributed by atoms with E-state index in [1.807, 2.05) is 0 Å². The first-order valence-corrected chi connectivity index (χ1v) is 7.63. The summed E-state index contributed by atoms with van der Waals surface area (Å²) < 4.78 is 0. The molecule has 3 heteroatoms. The van der Waals surface area contributed by atoms with Gasteiger partial charge in [0, 0.05) is 35.9 Å². The summed E-state index contributed by atoms with van der Waals surface area (Å²) >= 11 is 3.65. The Labute approximate surface area is 116 Å². The van der Waals surface area contributed by atoms with E-state index in [4.69, 9.17) is 4.98 Å². The number of fused-ring (bicyclic) bond motifs is 2. The molecular formula is C15H17BrN2. The van der Waals surface area contributed by atoms with E-state index in [-0.39, 0.29) is 0 Å². The molecule has 0 aliphatic carbocycles. The van der Waals surface area contributed by atoms with Crippen LogP contribution < -0.4 is 0 Å². The zero-order valence-electron chi connectivity index (χ0n) is 10.6. The number of halogens is 1. The number of aromatic nitrogens is 1. The topological polar surface area (TPSA) is 16.1 Å². The second-order valence-electron chi connectivity index (χ2n) is 4.79. The fourth-order valence-corrected chi connectivity index (χ4v) is 3.40. The minimum absolute atomic E-state index is 0.913. The number of alkyl halides is 1. The summed E-state index contributed by atoms with van der Waals surface area (Å²) in [5, 5.41) is 2.21. The molecule has 0 atom stereocenters. The minimum atomic E-state index is 0.913. The zero-order valence-corrected chi connectivity index (χ0v) is 12.2. The van der Waals surface area contributed by atoms with Gasteiger partial charge in [-0.15, -0.1) is 0 Å². The van der Waals surface area contributed by atoms with Crippen molar-refractivity contribution in [3.8, 4) is 0 Å². The molecule has 2 heterocycles. The molecule has 0 bridgehead atoms. The molecule has 1 aliphatic rings. The van der Waals surface area contributed by atoms with Crippen LogP contribution in [0, 0.1) is 0 Å². The highest BCUT2D eigenvalue weighted by Crippen LogP contribution is 2.29. The Morgan fingerprint density at radius 2 is 2.17 bits per heavy atom. The second-order valence-corrected chi connectivity index (χ2v) is 5.35. The minimum Gasteiger partial charge on any atom is -0.299 e. The van der Waals surface area contributed by atoms with Gasteiger partial charge < -0.3 is 0 Å². The Bertz CT molecular complexity index is 580. The number of likely N-dealkylation sites (N-methyl/N-ethyl adjacent to an activating group) is 1. The van der Waals surface area contributed by atoms with Crippen molar-refractivity contribution < 1.29 is 0 Å². The van der Waals surface area contributed by atoms with Gasteiger partial charge in [0.1, 0.15) is 0 Å². The van der Waals surface area contributed by atoms with Gasteiger partial charge in [-0.05, 0) is 23.7 Å². The van der Waals surface area contributed by atoms with E-state index in [1.165, 1.54) is 22.2 Å². The van der Waals surface area contributed by atoms with E-state index in [9.17, 15) is 0 Å². The lowest BCUT2D eigenvalue weighted by Gasteiger charge is -2.29. The molecule has 0 N–H and O–H groups in total. The predicted octanol–water partition coefficient (Wildman–Crippen LogP) is 3.51. The van der Waals surface area contributed by atoms with Crippen molar-refractivity contribution in [3.63, 3.8) is 0 Å². The van der Waals surface area contributed by atoms with E-state index in [0.717, 1.165) is 36.9 Å². The molecule has 2 aromatic rings. The van der Waals surface area contributed by atoms with Crippen LogP contribution in [0.5, 0.6) is 0 Å². The van der Waals surface area contributed by atoms with Crippen LogP contribution in [0.2, 0.25) is 0 Å². The van der Waals surface area contributed by atoms with Gasteiger partial charge in [0.25, 0.3) is 0 Å². The highest BCUT2D eigenvalue weighted by molar-refractivity contribution is 9.08. The molecule has 1 aliphatic heterocycles. The maximum atomic E-state index is 4.85. The molecule has 0 amide bonds. The van der Waals surface area contributed by atoms with Crippen molar-refractivity contribution in [1.29, 1.82) is 0 Å². The highest BCUT2D eigenvalue weighted by Gasteiger charge is 2.20. The van der Waals surface area contributed by atoms with Crippen LogP contribution in [0.15, 0.2) is 24.3 Å². The molecular weight excluding hydrogens is 288 g/mol. The van der Waals surface area contributed by atoms with Gasteiger partial charge in [0.15, 0.2) is 0 Å². The molecule has 3 rings (SSSR count). The lowest BCUT2D eigenvalue weighted by Crippen LogP contribution is -2.31. The maximum absolute atomic E-state index is 4.85. The van der Waals surface area contributed by atoms with Crippen LogP contribution in [-0.2, 0) is 18.3 Å². The normalized spacial score (nSPS) is 15.9. The Kier molecular flexibility index (Phi) is 3.35. The number of benzene rings is 1. The Morgan fingerprint density at radius 3 is 2.94 bits per heavy atom. The summed E-state index contributed by atoms with van der Waals surface area (Å²) in [5.74, 6) is 0. The third-order valence-electron chi connectivity index (χ3n) is 3.82.